The molecule has 0 saturated heterocycles. The van der Waals surface area contributed by atoms with Gasteiger partial charge in [-0.15, -0.1) is 0 Å². The molecule has 0 fully saturated rings. The fourth-order valence-electron chi connectivity index (χ4n) is 0.761. The molecule has 0 spiro atoms. The number of hydrogen-bond donors (Lipinski definition) is 2. The van der Waals surface area contributed by atoms with Crippen molar-refractivity contribution in [3.05, 3.63) is 0 Å². The van der Waals surface area contributed by atoms with Gasteiger partial charge >= 0.3 is 63.3 Å². The first kappa shape index (κ1) is 15.1. The molecule has 0 radical (unpaired) electrons. The van der Waals surface area contributed by atoms with Gasteiger partial charge < -0.3 is 10.2 Å². The Morgan fingerprint density at radius 1 is 1.25 bits per heavy atom. The van der Waals surface area contributed by atoms with Gasteiger partial charge in [-0.2, -0.15) is 0 Å². The van der Waals surface area contributed by atoms with E-state index in [4.69, 9.17) is 10.2 Å². The third kappa shape index (κ3) is 6.13. The van der Waals surface area contributed by atoms with Gasteiger partial charge in [0.15, 0.2) is 5.92 Å². The van der Waals surface area contributed by atoms with Crippen LogP contribution in [0.3, 0.4) is 0 Å². The summed E-state index contributed by atoms with van der Waals surface area (Å²) in [5, 5.41) is 16.8. The van der Waals surface area contributed by atoms with E-state index < -0.39 is 17.9 Å². The Morgan fingerprint density at radius 2 is 1.67 bits per heavy atom. The molecule has 66 valence electrons. The van der Waals surface area contributed by atoms with E-state index in [1.165, 1.54) is 0 Å². The Balaban J connectivity index is 0. The van der Waals surface area contributed by atoms with Crippen molar-refractivity contribution in [3.8, 4) is 0 Å². The molecule has 2 N–H and O–H groups in total. The Bertz CT molecular complexity index is 143. The van der Waals surface area contributed by atoms with Crippen LogP contribution in [-0.4, -0.2) is 73.5 Å². The number of hydrogen-bond acceptors (Lipinski definition) is 2. The number of rotatable bonds is 5. The van der Waals surface area contributed by atoms with E-state index in [0.29, 0.717) is 6.42 Å². The fraction of sp³-hybridized carbons (Fsp3) is 0.714. The van der Waals surface area contributed by atoms with Gasteiger partial charge in [-0.05, 0) is 6.42 Å². The molecule has 0 heterocycles. The maximum absolute atomic E-state index is 10.3. The maximum atomic E-state index is 10.3. The molecule has 0 saturated carbocycles. The number of carbonyl (C=O) groups is 2. The number of unbranched alkanes of at least 4 members (excludes halogenated alkanes) is 1. The van der Waals surface area contributed by atoms with Gasteiger partial charge in [0.1, 0.15) is 0 Å². The second-order valence-corrected chi connectivity index (χ2v) is 2.37. The Morgan fingerprint density at radius 3 is 1.92 bits per heavy atom. The molecule has 0 aromatic rings. The van der Waals surface area contributed by atoms with Crippen LogP contribution in [0.1, 0.15) is 26.2 Å². The molecule has 0 aliphatic carbocycles. The second-order valence-electron chi connectivity index (χ2n) is 2.37. The topological polar surface area (TPSA) is 74.6 Å². The van der Waals surface area contributed by atoms with Crippen LogP contribution in [0, 0.1) is 5.92 Å². The third-order valence-corrected chi connectivity index (χ3v) is 1.44. The summed E-state index contributed by atoms with van der Waals surface area (Å²) in [5.41, 5.74) is 0. The van der Waals surface area contributed by atoms with Crippen LogP contribution in [0.25, 0.3) is 0 Å². The van der Waals surface area contributed by atoms with Crippen LogP contribution in [0.4, 0.5) is 0 Å². The van der Waals surface area contributed by atoms with E-state index in [0.717, 1.165) is 6.42 Å². The summed E-state index contributed by atoms with van der Waals surface area (Å²) in [5.74, 6) is -3.72. The van der Waals surface area contributed by atoms with Gasteiger partial charge in [0.25, 0.3) is 0 Å². The van der Waals surface area contributed by atoms with Crippen molar-refractivity contribution in [2.45, 2.75) is 26.2 Å². The molecule has 0 aromatic heterocycles. The number of carboxylic acid groups (broad SMARTS) is 2. The Labute approximate surface area is 114 Å². The quantitative estimate of drug-likeness (QED) is 0.495. The normalized spacial score (nSPS) is 9.17. The molecular weight excluding hydrogens is 187 g/mol. The average Bonchev–Trinajstić information content (AvgIpc) is 1.87. The van der Waals surface area contributed by atoms with Crippen molar-refractivity contribution in [3.63, 3.8) is 0 Å². The SMILES string of the molecule is CCCCC(C(=O)O)C(=O)O.[KH]. The van der Waals surface area contributed by atoms with Crippen molar-refractivity contribution in [2.24, 2.45) is 5.92 Å². The molecule has 0 aliphatic rings. The van der Waals surface area contributed by atoms with E-state index in [-0.39, 0.29) is 57.8 Å². The Hall–Kier alpha value is 0.576. The summed E-state index contributed by atoms with van der Waals surface area (Å²) in [7, 11) is 0. The van der Waals surface area contributed by atoms with Crippen molar-refractivity contribution >= 4 is 63.3 Å². The molecule has 0 bridgehead atoms. The number of carboxylic acids is 2. The molecule has 4 nitrogen and oxygen atoms in total. The minimum absolute atomic E-state index is 0. The predicted octanol–water partition coefficient (Wildman–Crippen LogP) is 0.313. The first-order valence-corrected chi connectivity index (χ1v) is 3.55. The van der Waals surface area contributed by atoms with Crippen molar-refractivity contribution < 1.29 is 19.8 Å². The fourth-order valence-corrected chi connectivity index (χ4v) is 0.761. The first-order chi connectivity index (χ1) is 5.09. The van der Waals surface area contributed by atoms with E-state index in [1.54, 1.807) is 0 Å². The van der Waals surface area contributed by atoms with Gasteiger partial charge in [0.05, 0.1) is 0 Å². The summed E-state index contributed by atoms with van der Waals surface area (Å²) in [6.45, 7) is 1.89. The Kier molecular flexibility index (Phi) is 10.3. The monoisotopic (exact) mass is 200 g/mol. The van der Waals surface area contributed by atoms with Crippen molar-refractivity contribution in [2.75, 3.05) is 0 Å². The third-order valence-electron chi connectivity index (χ3n) is 1.44. The number of aliphatic carboxylic acids is 2. The molecule has 0 amide bonds. The zero-order chi connectivity index (χ0) is 8.85. The summed E-state index contributed by atoms with van der Waals surface area (Å²) in [6, 6.07) is 0. The van der Waals surface area contributed by atoms with E-state index in [2.05, 4.69) is 0 Å². The summed E-state index contributed by atoms with van der Waals surface area (Å²) in [4.78, 5) is 20.5. The molecule has 0 rings (SSSR count). The zero-order valence-corrected chi connectivity index (χ0v) is 6.41. The van der Waals surface area contributed by atoms with Gasteiger partial charge in [-0.25, -0.2) is 0 Å². The van der Waals surface area contributed by atoms with Crippen LogP contribution < -0.4 is 0 Å². The average molecular weight is 200 g/mol. The summed E-state index contributed by atoms with van der Waals surface area (Å²) < 4.78 is 0. The molecule has 5 heteroatoms. The molecule has 0 aromatic carbocycles. The van der Waals surface area contributed by atoms with E-state index in [9.17, 15) is 9.59 Å². The van der Waals surface area contributed by atoms with Crippen LogP contribution in [0.2, 0.25) is 0 Å². The molecule has 0 aliphatic heterocycles. The van der Waals surface area contributed by atoms with Gasteiger partial charge in [0, 0.05) is 0 Å². The molecule has 0 unspecified atom stereocenters. The molecular formula is C7H13KO4. The van der Waals surface area contributed by atoms with Crippen molar-refractivity contribution in [1.29, 1.82) is 0 Å². The zero-order valence-electron chi connectivity index (χ0n) is 6.41. The van der Waals surface area contributed by atoms with Crippen LogP contribution in [0.5, 0.6) is 0 Å². The minimum atomic E-state index is -1.24. The standard InChI is InChI=1S/C7H12O4.K.H/c1-2-3-4-5(6(8)9)7(10)11;;/h5H,2-4H2,1H3,(H,8,9)(H,10,11);;. The van der Waals surface area contributed by atoms with Crippen LogP contribution in [0.15, 0.2) is 0 Å². The van der Waals surface area contributed by atoms with Gasteiger partial charge in [-0.3, -0.25) is 9.59 Å². The van der Waals surface area contributed by atoms with Crippen LogP contribution >= 0.6 is 0 Å². The van der Waals surface area contributed by atoms with Crippen molar-refractivity contribution in [1.82, 2.24) is 0 Å². The summed E-state index contributed by atoms with van der Waals surface area (Å²) >= 11 is 0. The van der Waals surface area contributed by atoms with Gasteiger partial charge in [-0.1, -0.05) is 19.8 Å². The predicted molar refractivity (Wildman–Crippen MR) is 45.4 cm³/mol. The van der Waals surface area contributed by atoms with Crippen LogP contribution in [-0.2, 0) is 9.59 Å². The first-order valence-electron chi connectivity index (χ1n) is 3.55. The van der Waals surface area contributed by atoms with Gasteiger partial charge in [0.2, 0.25) is 0 Å². The molecule has 12 heavy (non-hydrogen) atoms. The molecule has 0 atom stereocenters. The van der Waals surface area contributed by atoms with E-state index in [1.807, 2.05) is 6.92 Å². The summed E-state index contributed by atoms with van der Waals surface area (Å²) in [6.07, 6.45) is 1.68. The van der Waals surface area contributed by atoms with E-state index >= 15 is 0 Å². The second kappa shape index (κ2) is 8.19.